The van der Waals surface area contributed by atoms with Gasteiger partial charge >= 0.3 is 0 Å². The zero-order chi connectivity index (χ0) is 23.2. The lowest BCUT2D eigenvalue weighted by Gasteiger charge is -2.13. The lowest BCUT2D eigenvalue weighted by atomic mass is 10.2. The molecule has 0 saturated heterocycles. The Kier molecular flexibility index (Phi) is 7.36. The first-order valence-corrected chi connectivity index (χ1v) is 11.8. The highest BCUT2D eigenvalue weighted by atomic mass is 32.2. The highest BCUT2D eigenvalue weighted by molar-refractivity contribution is 8.00. The number of aryl methyl sites for hydroxylation is 1. The summed E-state index contributed by atoms with van der Waals surface area (Å²) in [5, 5.41) is 12.1. The van der Waals surface area contributed by atoms with Gasteiger partial charge in [0.2, 0.25) is 5.91 Å². The number of carbonyl (C=O) groups is 1. The van der Waals surface area contributed by atoms with E-state index in [-0.39, 0.29) is 11.7 Å². The van der Waals surface area contributed by atoms with Gasteiger partial charge in [-0.1, -0.05) is 41.7 Å². The zero-order valence-corrected chi connectivity index (χ0v) is 19.1. The molecule has 2 aromatic carbocycles. The van der Waals surface area contributed by atoms with Crippen LogP contribution in [0.25, 0.3) is 17.1 Å². The number of alkyl halides is 2. The van der Waals surface area contributed by atoms with E-state index in [1.165, 1.54) is 11.8 Å². The molecule has 2 heterocycles. The Morgan fingerprint density at radius 1 is 1.03 bits per heavy atom. The molecule has 0 saturated carbocycles. The van der Waals surface area contributed by atoms with E-state index in [1.54, 1.807) is 36.7 Å². The smallest absolute Gasteiger partial charge is 0.288 e. The van der Waals surface area contributed by atoms with Crippen LogP contribution in [0, 0.1) is 6.92 Å². The topological polar surface area (TPSA) is 72.7 Å². The first-order valence-electron chi connectivity index (χ1n) is 9.90. The van der Waals surface area contributed by atoms with Crippen molar-refractivity contribution in [2.75, 3.05) is 11.1 Å². The van der Waals surface area contributed by atoms with E-state index in [0.29, 0.717) is 33.3 Å². The highest BCUT2D eigenvalue weighted by Gasteiger charge is 2.18. The third kappa shape index (κ3) is 5.77. The Hall–Kier alpha value is -3.24. The summed E-state index contributed by atoms with van der Waals surface area (Å²) in [6.07, 6.45) is 3.38. The molecule has 0 atom stereocenters. The molecule has 10 heteroatoms. The van der Waals surface area contributed by atoms with E-state index in [9.17, 15) is 13.6 Å². The maximum atomic E-state index is 12.5. The van der Waals surface area contributed by atoms with Crippen molar-refractivity contribution in [2.45, 2.75) is 22.7 Å². The number of carbonyl (C=O) groups excluding carboxylic acids is 1. The van der Waals surface area contributed by atoms with Crippen molar-refractivity contribution >= 4 is 35.1 Å². The van der Waals surface area contributed by atoms with Crippen molar-refractivity contribution in [3.05, 3.63) is 78.6 Å². The van der Waals surface area contributed by atoms with Gasteiger partial charge in [-0.25, -0.2) is 0 Å². The van der Waals surface area contributed by atoms with E-state index in [2.05, 4.69) is 20.5 Å². The largest absolute Gasteiger partial charge is 0.325 e. The SMILES string of the molecule is Cc1ccccc1-n1c(SCC(=O)Nc2ccc(SC(F)F)cc2)nnc1-c1ccncc1. The molecule has 33 heavy (non-hydrogen) atoms. The van der Waals surface area contributed by atoms with Crippen LogP contribution >= 0.6 is 23.5 Å². The average Bonchev–Trinajstić information content (AvgIpc) is 3.23. The Balaban J connectivity index is 1.52. The number of rotatable bonds is 8. The minimum Gasteiger partial charge on any atom is -0.325 e. The van der Waals surface area contributed by atoms with Gasteiger partial charge in [-0.2, -0.15) is 8.78 Å². The van der Waals surface area contributed by atoms with Gasteiger partial charge in [0.05, 0.1) is 11.4 Å². The number of pyridine rings is 1. The van der Waals surface area contributed by atoms with Crippen LogP contribution in [0.1, 0.15) is 5.56 Å². The Bertz CT molecular complexity index is 1230. The van der Waals surface area contributed by atoms with Gasteiger partial charge in [-0.15, -0.1) is 10.2 Å². The fraction of sp³-hybridized carbons (Fsp3) is 0.130. The lowest BCUT2D eigenvalue weighted by Crippen LogP contribution is -2.14. The molecule has 1 N–H and O–H groups in total. The summed E-state index contributed by atoms with van der Waals surface area (Å²) in [5.41, 5.74) is 3.36. The molecule has 0 radical (unpaired) electrons. The number of para-hydroxylation sites is 1. The summed E-state index contributed by atoms with van der Waals surface area (Å²) in [7, 11) is 0. The summed E-state index contributed by atoms with van der Waals surface area (Å²) in [4.78, 5) is 17.0. The summed E-state index contributed by atoms with van der Waals surface area (Å²) in [6, 6.07) is 17.9. The molecule has 4 aromatic rings. The predicted molar refractivity (Wildman–Crippen MR) is 127 cm³/mol. The summed E-state index contributed by atoms with van der Waals surface area (Å²) >= 11 is 1.73. The molecular weight excluding hydrogens is 464 g/mol. The second kappa shape index (κ2) is 10.6. The Labute approximate surface area is 197 Å². The predicted octanol–water partition coefficient (Wildman–Crippen LogP) is 5.68. The number of nitrogens with one attached hydrogen (secondary N) is 1. The van der Waals surface area contributed by atoms with E-state index in [1.807, 2.05) is 47.9 Å². The maximum absolute atomic E-state index is 12.5. The molecule has 0 fully saturated rings. The van der Waals surface area contributed by atoms with Crippen molar-refractivity contribution < 1.29 is 13.6 Å². The summed E-state index contributed by atoms with van der Waals surface area (Å²) in [6.45, 7) is 2.00. The highest BCUT2D eigenvalue weighted by Crippen LogP contribution is 2.30. The molecule has 1 amide bonds. The number of benzene rings is 2. The average molecular weight is 484 g/mol. The number of hydrogen-bond acceptors (Lipinski definition) is 6. The molecule has 2 aromatic heterocycles. The number of hydrogen-bond donors (Lipinski definition) is 1. The van der Waals surface area contributed by atoms with Crippen molar-refractivity contribution in [3.8, 4) is 17.1 Å². The zero-order valence-electron chi connectivity index (χ0n) is 17.5. The van der Waals surface area contributed by atoms with Crippen LogP contribution in [-0.2, 0) is 4.79 Å². The summed E-state index contributed by atoms with van der Waals surface area (Å²) in [5.74, 6) is -1.96. The second-order valence-corrected chi connectivity index (χ2v) is 8.91. The fourth-order valence-electron chi connectivity index (χ4n) is 3.13. The minimum absolute atomic E-state index is 0.105. The first kappa shape index (κ1) is 22.9. The van der Waals surface area contributed by atoms with Crippen LogP contribution in [0.5, 0.6) is 0 Å². The van der Waals surface area contributed by atoms with Crippen LogP contribution in [0.2, 0.25) is 0 Å². The molecule has 0 unspecified atom stereocenters. The van der Waals surface area contributed by atoms with Gasteiger partial charge in [0, 0.05) is 28.5 Å². The standard InChI is InChI=1S/C23H19F2N5OS2/c1-15-4-2-3-5-19(15)30-21(16-10-12-26-13-11-16)28-29-23(30)32-14-20(31)27-17-6-8-18(9-7-17)33-22(24)25/h2-13,22H,14H2,1H3,(H,27,31). The second-order valence-electron chi connectivity index (χ2n) is 6.90. The van der Waals surface area contributed by atoms with Crippen LogP contribution in [0.3, 0.4) is 0 Å². The number of anilines is 1. The molecule has 0 aliphatic carbocycles. The first-order chi connectivity index (χ1) is 16.0. The van der Waals surface area contributed by atoms with Crippen LogP contribution in [0.15, 0.2) is 83.1 Å². The van der Waals surface area contributed by atoms with Gasteiger partial charge < -0.3 is 5.32 Å². The van der Waals surface area contributed by atoms with Crippen molar-refractivity contribution in [3.63, 3.8) is 0 Å². The van der Waals surface area contributed by atoms with Gasteiger partial charge in [-0.3, -0.25) is 14.3 Å². The molecule has 0 aliphatic rings. The van der Waals surface area contributed by atoms with E-state index >= 15 is 0 Å². The lowest BCUT2D eigenvalue weighted by molar-refractivity contribution is -0.113. The molecule has 168 valence electrons. The van der Waals surface area contributed by atoms with Gasteiger partial charge in [-0.05, 0) is 55.0 Å². The van der Waals surface area contributed by atoms with E-state index in [0.717, 1.165) is 16.8 Å². The fourth-order valence-corrected chi connectivity index (χ4v) is 4.37. The number of aromatic nitrogens is 4. The van der Waals surface area contributed by atoms with Crippen LogP contribution < -0.4 is 5.32 Å². The minimum atomic E-state index is -2.48. The van der Waals surface area contributed by atoms with Crippen molar-refractivity contribution in [2.24, 2.45) is 0 Å². The van der Waals surface area contributed by atoms with Gasteiger partial charge in [0.1, 0.15) is 0 Å². The maximum Gasteiger partial charge on any atom is 0.288 e. The normalized spacial score (nSPS) is 11.0. The molecule has 4 rings (SSSR count). The number of thioether (sulfide) groups is 2. The molecular formula is C23H19F2N5OS2. The van der Waals surface area contributed by atoms with Crippen LogP contribution in [0.4, 0.5) is 14.5 Å². The molecule has 0 spiro atoms. The third-order valence-electron chi connectivity index (χ3n) is 4.62. The molecule has 6 nitrogen and oxygen atoms in total. The Morgan fingerprint density at radius 3 is 2.45 bits per heavy atom. The van der Waals surface area contributed by atoms with Crippen LogP contribution in [-0.4, -0.2) is 37.2 Å². The molecule has 0 bridgehead atoms. The van der Waals surface area contributed by atoms with Gasteiger partial charge in [0.25, 0.3) is 5.76 Å². The van der Waals surface area contributed by atoms with Gasteiger partial charge in [0.15, 0.2) is 11.0 Å². The number of amides is 1. The summed E-state index contributed by atoms with van der Waals surface area (Å²) < 4.78 is 26.8. The number of nitrogens with zero attached hydrogens (tertiary/aromatic N) is 4. The monoisotopic (exact) mass is 483 g/mol. The molecule has 0 aliphatic heterocycles. The number of halogens is 2. The van der Waals surface area contributed by atoms with Crippen molar-refractivity contribution in [1.29, 1.82) is 0 Å². The van der Waals surface area contributed by atoms with E-state index in [4.69, 9.17) is 0 Å². The van der Waals surface area contributed by atoms with E-state index < -0.39 is 5.76 Å². The Morgan fingerprint density at radius 2 is 1.76 bits per heavy atom. The van der Waals surface area contributed by atoms with Crippen molar-refractivity contribution in [1.82, 2.24) is 19.7 Å². The third-order valence-corrected chi connectivity index (χ3v) is 6.28. The quantitative estimate of drug-likeness (QED) is 0.325.